The fraction of sp³-hybridized carbons (Fsp3) is 0.160. The number of methoxy groups -OCH3 is 2. The Morgan fingerprint density at radius 2 is 1.68 bits per heavy atom. The lowest BCUT2D eigenvalue weighted by Crippen LogP contribution is -2.13. The molecule has 2 aromatic carbocycles. The maximum atomic E-state index is 12.8. The van der Waals surface area contributed by atoms with Crippen LogP contribution >= 0.6 is 11.3 Å². The SMILES string of the molecule is COC(=O)c1sc(NC(=O)c2ccc(COc3ccc4ccccc4c3)o2)c(C(=O)OC)c1C. The highest BCUT2D eigenvalue weighted by molar-refractivity contribution is 7.18. The molecule has 0 aliphatic rings. The lowest BCUT2D eigenvalue weighted by Gasteiger charge is -2.06. The number of esters is 2. The van der Waals surface area contributed by atoms with Gasteiger partial charge in [-0.05, 0) is 47.5 Å². The van der Waals surface area contributed by atoms with E-state index in [-0.39, 0.29) is 27.8 Å². The van der Waals surface area contributed by atoms with E-state index in [0.29, 0.717) is 17.1 Å². The molecule has 2 aromatic heterocycles. The van der Waals surface area contributed by atoms with Crippen molar-refractivity contribution in [1.29, 1.82) is 0 Å². The van der Waals surface area contributed by atoms with E-state index in [9.17, 15) is 14.4 Å². The van der Waals surface area contributed by atoms with Crippen LogP contribution < -0.4 is 10.1 Å². The predicted molar refractivity (Wildman–Crippen MR) is 127 cm³/mol. The fourth-order valence-electron chi connectivity index (χ4n) is 3.39. The Morgan fingerprint density at radius 3 is 2.41 bits per heavy atom. The molecule has 0 saturated heterocycles. The largest absolute Gasteiger partial charge is 0.486 e. The number of furan rings is 1. The van der Waals surface area contributed by atoms with Gasteiger partial charge in [0.2, 0.25) is 0 Å². The Kier molecular flexibility index (Phi) is 6.65. The van der Waals surface area contributed by atoms with Gasteiger partial charge >= 0.3 is 11.9 Å². The molecule has 0 radical (unpaired) electrons. The van der Waals surface area contributed by atoms with E-state index in [1.54, 1.807) is 13.0 Å². The van der Waals surface area contributed by atoms with Crippen LogP contribution in [0.25, 0.3) is 10.8 Å². The zero-order valence-corrected chi connectivity index (χ0v) is 19.5. The first kappa shape index (κ1) is 23.1. The molecule has 4 aromatic rings. The summed E-state index contributed by atoms with van der Waals surface area (Å²) in [6, 6.07) is 16.9. The summed E-state index contributed by atoms with van der Waals surface area (Å²) >= 11 is 0.927. The number of carbonyl (C=O) groups excluding carboxylic acids is 3. The summed E-state index contributed by atoms with van der Waals surface area (Å²) in [5.74, 6) is -0.724. The fourth-order valence-corrected chi connectivity index (χ4v) is 4.50. The summed E-state index contributed by atoms with van der Waals surface area (Å²) in [7, 11) is 2.46. The van der Waals surface area contributed by atoms with Crippen molar-refractivity contribution < 1.29 is 33.0 Å². The molecular formula is C25H21NO7S. The third-order valence-electron chi connectivity index (χ3n) is 5.12. The summed E-state index contributed by atoms with van der Waals surface area (Å²) in [6.45, 7) is 1.71. The number of ether oxygens (including phenoxy) is 3. The number of rotatable bonds is 7. The molecule has 1 amide bonds. The van der Waals surface area contributed by atoms with Gasteiger partial charge in [0.25, 0.3) is 5.91 Å². The van der Waals surface area contributed by atoms with Gasteiger partial charge in [0.1, 0.15) is 28.0 Å². The number of benzene rings is 2. The van der Waals surface area contributed by atoms with Crippen molar-refractivity contribution >= 4 is 45.0 Å². The summed E-state index contributed by atoms with van der Waals surface area (Å²) < 4.78 is 21.0. The lowest BCUT2D eigenvalue weighted by atomic mass is 10.1. The van der Waals surface area contributed by atoms with E-state index >= 15 is 0 Å². The minimum Gasteiger partial charge on any atom is -0.486 e. The van der Waals surface area contributed by atoms with Crippen LogP contribution in [0.5, 0.6) is 5.75 Å². The summed E-state index contributed by atoms with van der Waals surface area (Å²) in [5, 5.41) is 4.96. The number of hydrogen-bond donors (Lipinski definition) is 1. The maximum Gasteiger partial charge on any atom is 0.348 e. The molecule has 0 unspecified atom stereocenters. The van der Waals surface area contributed by atoms with Gasteiger partial charge in [0.15, 0.2) is 5.76 Å². The highest BCUT2D eigenvalue weighted by atomic mass is 32.1. The number of thiophene rings is 1. The standard InChI is InChI=1S/C25H21NO7S/c1-14-20(24(28)30-2)23(34-21(14)25(29)31-3)26-22(27)19-11-10-18(33-19)13-32-17-9-8-15-6-4-5-7-16(15)12-17/h4-12H,13H2,1-3H3,(H,26,27). The van der Waals surface area contributed by atoms with Crippen LogP contribution in [0.4, 0.5) is 5.00 Å². The van der Waals surface area contributed by atoms with E-state index in [2.05, 4.69) is 5.32 Å². The van der Waals surface area contributed by atoms with Crippen molar-refractivity contribution in [3.8, 4) is 5.75 Å². The molecule has 0 aliphatic carbocycles. The van der Waals surface area contributed by atoms with Gasteiger partial charge in [-0.1, -0.05) is 30.3 Å². The van der Waals surface area contributed by atoms with E-state index in [4.69, 9.17) is 18.6 Å². The van der Waals surface area contributed by atoms with Crippen molar-refractivity contribution in [2.24, 2.45) is 0 Å². The Morgan fingerprint density at radius 1 is 0.941 bits per heavy atom. The Balaban J connectivity index is 1.48. The molecule has 174 valence electrons. The molecule has 2 heterocycles. The van der Waals surface area contributed by atoms with Crippen LogP contribution in [-0.4, -0.2) is 32.1 Å². The zero-order valence-electron chi connectivity index (χ0n) is 18.7. The molecule has 4 rings (SSSR count). The van der Waals surface area contributed by atoms with Crippen LogP contribution in [0.1, 0.15) is 41.9 Å². The molecule has 0 aliphatic heterocycles. The highest BCUT2D eigenvalue weighted by Gasteiger charge is 2.27. The number of amides is 1. The maximum absolute atomic E-state index is 12.8. The average molecular weight is 480 g/mol. The predicted octanol–water partition coefficient (Wildman–Crippen LogP) is 5.21. The molecule has 0 bridgehead atoms. The third-order valence-corrected chi connectivity index (χ3v) is 6.31. The van der Waals surface area contributed by atoms with Gasteiger partial charge in [0, 0.05) is 0 Å². The van der Waals surface area contributed by atoms with Crippen molar-refractivity contribution in [2.45, 2.75) is 13.5 Å². The molecule has 0 spiro atoms. The second-order valence-corrected chi connectivity index (χ2v) is 8.28. The van der Waals surface area contributed by atoms with E-state index in [0.717, 1.165) is 22.1 Å². The van der Waals surface area contributed by atoms with Crippen molar-refractivity contribution in [3.63, 3.8) is 0 Å². The van der Waals surface area contributed by atoms with E-state index in [1.807, 2.05) is 42.5 Å². The third kappa shape index (κ3) is 4.65. The number of anilines is 1. The molecule has 0 fully saturated rings. The van der Waals surface area contributed by atoms with Crippen molar-refractivity contribution in [1.82, 2.24) is 0 Å². The molecule has 8 nitrogen and oxygen atoms in total. The van der Waals surface area contributed by atoms with Gasteiger partial charge < -0.3 is 23.9 Å². The van der Waals surface area contributed by atoms with Gasteiger partial charge in [0.05, 0.1) is 19.8 Å². The monoisotopic (exact) mass is 479 g/mol. The minimum atomic E-state index is -0.678. The van der Waals surface area contributed by atoms with Gasteiger partial charge in [-0.3, -0.25) is 4.79 Å². The Hall–Kier alpha value is -4.11. The first-order chi connectivity index (χ1) is 16.4. The average Bonchev–Trinajstić information content (AvgIpc) is 3.46. The van der Waals surface area contributed by atoms with E-state index < -0.39 is 17.8 Å². The van der Waals surface area contributed by atoms with Gasteiger partial charge in [-0.25, -0.2) is 9.59 Å². The first-order valence-corrected chi connectivity index (χ1v) is 11.0. The zero-order chi connectivity index (χ0) is 24.2. The van der Waals surface area contributed by atoms with Crippen molar-refractivity contribution in [2.75, 3.05) is 19.5 Å². The second kappa shape index (κ2) is 9.80. The minimum absolute atomic E-state index is 0.0265. The molecule has 34 heavy (non-hydrogen) atoms. The molecular weight excluding hydrogens is 458 g/mol. The van der Waals surface area contributed by atoms with Crippen LogP contribution in [0, 0.1) is 6.92 Å². The highest BCUT2D eigenvalue weighted by Crippen LogP contribution is 2.34. The van der Waals surface area contributed by atoms with Gasteiger partial charge in [-0.2, -0.15) is 0 Å². The first-order valence-electron chi connectivity index (χ1n) is 10.2. The summed E-state index contributed by atoms with van der Waals surface area (Å²) in [4.78, 5) is 37.2. The molecule has 1 N–H and O–H groups in total. The molecule has 9 heteroatoms. The summed E-state index contributed by atoms with van der Waals surface area (Å²) in [6.07, 6.45) is 0. The molecule has 0 saturated carbocycles. The van der Waals surface area contributed by atoms with Crippen LogP contribution in [-0.2, 0) is 16.1 Å². The quantitative estimate of drug-likeness (QED) is 0.363. The Bertz CT molecular complexity index is 1390. The van der Waals surface area contributed by atoms with Crippen molar-refractivity contribution in [3.05, 3.63) is 82.1 Å². The Labute approximate surface area is 199 Å². The topological polar surface area (TPSA) is 104 Å². The summed E-state index contributed by atoms with van der Waals surface area (Å²) in [5.41, 5.74) is 0.454. The van der Waals surface area contributed by atoms with Crippen LogP contribution in [0.3, 0.4) is 0 Å². The van der Waals surface area contributed by atoms with Crippen LogP contribution in [0.2, 0.25) is 0 Å². The number of nitrogens with one attached hydrogen (secondary N) is 1. The number of fused-ring (bicyclic) bond motifs is 1. The van der Waals surface area contributed by atoms with Gasteiger partial charge in [-0.15, -0.1) is 11.3 Å². The smallest absolute Gasteiger partial charge is 0.348 e. The molecule has 0 atom stereocenters. The second-order valence-electron chi connectivity index (χ2n) is 7.26. The lowest BCUT2D eigenvalue weighted by molar-refractivity contribution is 0.0601. The number of hydrogen-bond acceptors (Lipinski definition) is 8. The van der Waals surface area contributed by atoms with Crippen LogP contribution in [0.15, 0.2) is 59.0 Å². The normalized spacial score (nSPS) is 10.7. The number of carbonyl (C=O) groups is 3. The van der Waals surface area contributed by atoms with E-state index in [1.165, 1.54) is 20.3 Å².